The second-order valence-corrected chi connectivity index (χ2v) is 11.1. The van der Waals surface area contributed by atoms with Crippen molar-refractivity contribution in [2.75, 3.05) is 0 Å². The molecule has 0 aromatic heterocycles. The molecule has 2 nitrogen and oxygen atoms in total. The number of rotatable bonds is 4. The van der Waals surface area contributed by atoms with Gasteiger partial charge in [-0.3, -0.25) is 4.99 Å². The molecule has 0 bridgehead atoms. The molecule has 0 aliphatic carbocycles. The van der Waals surface area contributed by atoms with Crippen molar-refractivity contribution in [3.63, 3.8) is 0 Å². The molecule has 3 aromatic rings. The lowest BCUT2D eigenvalue weighted by molar-refractivity contribution is 0.444. The molecule has 156 valence electrons. The third kappa shape index (κ3) is 5.37. The van der Waals surface area contributed by atoms with Crippen LogP contribution >= 0.6 is 8.58 Å². The normalized spacial score (nSPS) is 12.9. The average Bonchev–Trinajstić information content (AvgIpc) is 2.67. The number of aromatic hydroxyl groups is 1. The summed E-state index contributed by atoms with van der Waals surface area (Å²) < 4.78 is 0. The SMILES string of the molecule is CC(C)(C)c1cc(/C=N/c2ccccc2Pc2ccccc2)c(O)c(C(C)(C)C)c1. The minimum Gasteiger partial charge on any atom is -0.507 e. The highest BCUT2D eigenvalue weighted by Gasteiger charge is 2.24. The minimum atomic E-state index is -0.152. The molecular formula is C27H32NOP. The molecule has 0 heterocycles. The van der Waals surface area contributed by atoms with Gasteiger partial charge in [0.25, 0.3) is 0 Å². The fraction of sp³-hybridized carbons (Fsp3) is 0.296. The highest BCUT2D eigenvalue weighted by atomic mass is 31.1. The summed E-state index contributed by atoms with van der Waals surface area (Å²) in [6, 6.07) is 22.9. The number of hydrogen-bond acceptors (Lipinski definition) is 2. The Kier molecular flexibility index (Phi) is 6.48. The number of para-hydroxylation sites is 1. The maximum absolute atomic E-state index is 11.0. The summed E-state index contributed by atoms with van der Waals surface area (Å²) in [5.74, 6) is 0.322. The first-order valence-electron chi connectivity index (χ1n) is 10.4. The van der Waals surface area contributed by atoms with Crippen molar-refractivity contribution in [3.05, 3.63) is 83.4 Å². The van der Waals surface area contributed by atoms with Gasteiger partial charge in [0.15, 0.2) is 0 Å². The van der Waals surface area contributed by atoms with Gasteiger partial charge >= 0.3 is 0 Å². The minimum absolute atomic E-state index is 0.0110. The Morgan fingerprint density at radius 2 is 1.43 bits per heavy atom. The maximum Gasteiger partial charge on any atom is 0.128 e. The van der Waals surface area contributed by atoms with Crippen LogP contribution in [0.3, 0.4) is 0 Å². The van der Waals surface area contributed by atoms with Crippen LogP contribution < -0.4 is 10.6 Å². The van der Waals surface area contributed by atoms with Gasteiger partial charge in [0.05, 0.1) is 5.69 Å². The third-order valence-electron chi connectivity index (χ3n) is 5.11. The lowest BCUT2D eigenvalue weighted by Crippen LogP contribution is -2.17. The van der Waals surface area contributed by atoms with Crippen LogP contribution in [-0.4, -0.2) is 11.3 Å². The van der Waals surface area contributed by atoms with Crippen LogP contribution in [0.15, 0.2) is 71.7 Å². The molecule has 0 saturated carbocycles. The van der Waals surface area contributed by atoms with Gasteiger partial charge in [-0.15, -0.1) is 0 Å². The van der Waals surface area contributed by atoms with Crippen LogP contribution in [0.5, 0.6) is 5.75 Å². The van der Waals surface area contributed by atoms with Gasteiger partial charge in [-0.05, 0) is 33.8 Å². The summed E-state index contributed by atoms with van der Waals surface area (Å²) in [6.45, 7) is 13.0. The molecule has 30 heavy (non-hydrogen) atoms. The summed E-state index contributed by atoms with van der Waals surface area (Å²) in [6.07, 6.45) is 1.81. The number of nitrogens with zero attached hydrogens (tertiary/aromatic N) is 1. The molecule has 3 heteroatoms. The van der Waals surface area contributed by atoms with Crippen LogP contribution in [0.2, 0.25) is 0 Å². The van der Waals surface area contributed by atoms with E-state index in [9.17, 15) is 5.11 Å². The van der Waals surface area contributed by atoms with Gasteiger partial charge in [0.1, 0.15) is 5.75 Å². The Hall–Kier alpha value is -2.44. The number of phenolic OH excluding ortho intramolecular Hbond substituents is 1. The largest absolute Gasteiger partial charge is 0.507 e. The molecule has 1 N–H and O–H groups in total. The van der Waals surface area contributed by atoms with E-state index in [0.717, 1.165) is 16.8 Å². The molecule has 0 radical (unpaired) electrons. The monoisotopic (exact) mass is 417 g/mol. The van der Waals surface area contributed by atoms with Crippen molar-refractivity contribution in [3.8, 4) is 5.75 Å². The van der Waals surface area contributed by atoms with E-state index in [2.05, 4.69) is 90.1 Å². The molecule has 1 unspecified atom stereocenters. The Balaban J connectivity index is 2.03. The predicted molar refractivity (Wildman–Crippen MR) is 133 cm³/mol. The second kappa shape index (κ2) is 8.74. The zero-order valence-corrected chi connectivity index (χ0v) is 19.8. The lowest BCUT2D eigenvalue weighted by Gasteiger charge is -2.27. The van der Waals surface area contributed by atoms with Crippen LogP contribution in [0, 0.1) is 0 Å². The van der Waals surface area contributed by atoms with Crippen LogP contribution in [0.1, 0.15) is 58.2 Å². The summed E-state index contributed by atoms with van der Waals surface area (Å²) in [7, 11) is 0.541. The van der Waals surface area contributed by atoms with Gasteiger partial charge in [-0.1, -0.05) is 105 Å². The van der Waals surface area contributed by atoms with Crippen molar-refractivity contribution in [2.45, 2.75) is 52.4 Å². The van der Waals surface area contributed by atoms with Crippen molar-refractivity contribution in [2.24, 2.45) is 4.99 Å². The molecule has 3 rings (SSSR count). The van der Waals surface area contributed by atoms with E-state index in [1.807, 2.05) is 24.4 Å². The smallest absolute Gasteiger partial charge is 0.128 e. The fourth-order valence-electron chi connectivity index (χ4n) is 3.27. The first-order chi connectivity index (χ1) is 14.1. The van der Waals surface area contributed by atoms with Crippen molar-refractivity contribution >= 4 is 31.1 Å². The molecule has 1 atom stereocenters. The van der Waals surface area contributed by atoms with E-state index in [1.165, 1.54) is 16.2 Å². The van der Waals surface area contributed by atoms with E-state index < -0.39 is 0 Å². The second-order valence-electron chi connectivity index (χ2n) is 9.73. The Labute approximate surface area is 182 Å². The topological polar surface area (TPSA) is 32.6 Å². The number of phenols is 1. The third-order valence-corrected chi connectivity index (χ3v) is 6.43. The number of hydrogen-bond donors (Lipinski definition) is 1. The lowest BCUT2D eigenvalue weighted by atomic mass is 9.79. The molecule has 0 spiro atoms. The molecule has 0 saturated heterocycles. The summed E-state index contributed by atoms with van der Waals surface area (Å²) >= 11 is 0. The van der Waals surface area contributed by atoms with Gasteiger partial charge in [-0.2, -0.15) is 0 Å². The quantitative estimate of drug-likeness (QED) is 0.388. The Morgan fingerprint density at radius 3 is 2.07 bits per heavy atom. The molecule has 3 aromatic carbocycles. The van der Waals surface area contributed by atoms with Crippen LogP contribution in [0.4, 0.5) is 5.69 Å². The zero-order chi connectivity index (χ0) is 21.9. The van der Waals surface area contributed by atoms with Crippen molar-refractivity contribution in [1.82, 2.24) is 0 Å². The standard InChI is InChI=1S/C27H32NOP/c1-26(2,3)20-16-19(25(29)22(17-20)27(4,5)6)18-28-23-14-10-11-15-24(23)30-21-12-8-7-9-13-21/h7-18,29-30H,1-6H3/b28-18+. The molecule has 0 aliphatic rings. The molecular weight excluding hydrogens is 385 g/mol. The Bertz CT molecular complexity index is 1040. The van der Waals surface area contributed by atoms with Crippen LogP contribution in [-0.2, 0) is 10.8 Å². The van der Waals surface area contributed by atoms with Gasteiger partial charge in [0.2, 0.25) is 0 Å². The van der Waals surface area contributed by atoms with E-state index in [-0.39, 0.29) is 10.8 Å². The maximum atomic E-state index is 11.0. The summed E-state index contributed by atoms with van der Waals surface area (Å²) in [5, 5.41) is 13.5. The van der Waals surface area contributed by atoms with E-state index in [1.54, 1.807) is 0 Å². The van der Waals surface area contributed by atoms with E-state index >= 15 is 0 Å². The van der Waals surface area contributed by atoms with E-state index in [4.69, 9.17) is 4.99 Å². The highest BCUT2D eigenvalue weighted by molar-refractivity contribution is 7.55. The number of aliphatic imine (C=N–C) groups is 1. The predicted octanol–water partition coefficient (Wildman–Crippen LogP) is 6.37. The first kappa shape index (κ1) is 22.2. The van der Waals surface area contributed by atoms with E-state index in [0.29, 0.717) is 14.3 Å². The first-order valence-corrected chi connectivity index (χ1v) is 11.4. The van der Waals surface area contributed by atoms with Gasteiger partial charge < -0.3 is 5.11 Å². The highest BCUT2D eigenvalue weighted by Crippen LogP contribution is 2.37. The number of benzene rings is 3. The molecule has 0 aliphatic heterocycles. The zero-order valence-electron chi connectivity index (χ0n) is 18.8. The van der Waals surface area contributed by atoms with Gasteiger partial charge in [-0.25, -0.2) is 0 Å². The molecule has 0 amide bonds. The summed E-state index contributed by atoms with van der Waals surface area (Å²) in [4.78, 5) is 4.80. The average molecular weight is 418 g/mol. The van der Waals surface area contributed by atoms with Crippen LogP contribution in [0.25, 0.3) is 0 Å². The fourth-order valence-corrected chi connectivity index (χ4v) is 4.39. The molecule has 0 fully saturated rings. The summed E-state index contributed by atoms with van der Waals surface area (Å²) in [5.41, 5.74) is 3.70. The van der Waals surface area contributed by atoms with Crippen molar-refractivity contribution in [1.29, 1.82) is 0 Å². The van der Waals surface area contributed by atoms with Crippen molar-refractivity contribution < 1.29 is 5.11 Å². The Morgan fingerprint density at radius 1 is 0.800 bits per heavy atom. The van der Waals surface area contributed by atoms with Gasteiger partial charge in [0, 0.05) is 22.6 Å².